The van der Waals surface area contributed by atoms with Gasteiger partial charge in [-0.2, -0.15) is 0 Å². The molecule has 6 heteroatoms. The monoisotopic (exact) mass is 322 g/mol. The van der Waals surface area contributed by atoms with Gasteiger partial charge in [-0.25, -0.2) is 12.8 Å². The van der Waals surface area contributed by atoms with Crippen LogP contribution in [0.5, 0.6) is 0 Å². The summed E-state index contributed by atoms with van der Waals surface area (Å²) in [5, 5.41) is 10.2. The van der Waals surface area contributed by atoms with Gasteiger partial charge in [-0.3, -0.25) is 0 Å². The van der Waals surface area contributed by atoms with Crippen LogP contribution < -0.4 is 0 Å². The second kappa shape index (κ2) is 4.33. The third-order valence-electron chi connectivity index (χ3n) is 2.92. The molecule has 1 aromatic rings. The average Bonchev–Trinajstić information content (AvgIpc) is 2.49. The van der Waals surface area contributed by atoms with Gasteiger partial charge in [-0.1, -0.05) is 12.1 Å². The highest BCUT2D eigenvalue weighted by molar-refractivity contribution is 9.10. The van der Waals surface area contributed by atoms with Crippen LogP contribution in [0.2, 0.25) is 0 Å². The first-order valence-electron chi connectivity index (χ1n) is 5.17. The first-order chi connectivity index (χ1) is 7.81. The lowest BCUT2D eigenvalue weighted by molar-refractivity contribution is 0.0679. The minimum atomic E-state index is -3.16. The van der Waals surface area contributed by atoms with Crippen molar-refractivity contribution in [3.05, 3.63) is 34.1 Å². The van der Waals surface area contributed by atoms with Crippen LogP contribution >= 0.6 is 15.9 Å². The first-order valence-corrected chi connectivity index (χ1v) is 7.78. The quantitative estimate of drug-likeness (QED) is 0.901. The number of hydrogen-bond acceptors (Lipinski definition) is 3. The fourth-order valence-electron chi connectivity index (χ4n) is 2.08. The molecule has 1 unspecified atom stereocenters. The lowest BCUT2D eigenvalue weighted by Crippen LogP contribution is -2.32. The molecule has 3 nitrogen and oxygen atoms in total. The van der Waals surface area contributed by atoms with Gasteiger partial charge in [0.2, 0.25) is 0 Å². The SMILES string of the molecule is O=S1(=O)CCC(O)(Cc2cccc(F)c2Br)C1. The van der Waals surface area contributed by atoms with E-state index in [1.54, 1.807) is 12.1 Å². The summed E-state index contributed by atoms with van der Waals surface area (Å²) in [4.78, 5) is 0. The topological polar surface area (TPSA) is 54.4 Å². The van der Waals surface area contributed by atoms with E-state index < -0.39 is 21.3 Å². The molecule has 1 saturated heterocycles. The van der Waals surface area contributed by atoms with Gasteiger partial charge < -0.3 is 5.11 Å². The van der Waals surface area contributed by atoms with E-state index in [0.29, 0.717) is 5.56 Å². The number of aliphatic hydroxyl groups is 1. The number of sulfone groups is 1. The number of halogens is 2. The van der Waals surface area contributed by atoms with Crippen molar-refractivity contribution in [3.8, 4) is 0 Å². The summed E-state index contributed by atoms with van der Waals surface area (Å²) in [5.41, 5.74) is -0.681. The molecule has 1 aliphatic rings. The summed E-state index contributed by atoms with van der Waals surface area (Å²) >= 11 is 3.10. The fourth-order valence-corrected chi connectivity index (χ4v) is 4.38. The molecule has 0 amide bonds. The van der Waals surface area contributed by atoms with Crippen LogP contribution in [0, 0.1) is 5.82 Å². The zero-order valence-electron chi connectivity index (χ0n) is 8.99. The van der Waals surface area contributed by atoms with Crippen molar-refractivity contribution in [3.63, 3.8) is 0 Å². The van der Waals surface area contributed by atoms with Crippen molar-refractivity contribution in [1.29, 1.82) is 0 Å². The summed E-state index contributed by atoms with van der Waals surface area (Å²) in [5.74, 6) is -0.661. The Morgan fingerprint density at radius 2 is 2.18 bits per heavy atom. The van der Waals surface area contributed by atoms with E-state index in [-0.39, 0.29) is 28.8 Å². The lowest BCUT2D eigenvalue weighted by Gasteiger charge is -2.21. The van der Waals surface area contributed by atoms with Gasteiger partial charge in [0.15, 0.2) is 9.84 Å². The molecule has 0 spiro atoms. The second-order valence-electron chi connectivity index (χ2n) is 4.46. The molecule has 1 atom stereocenters. The second-order valence-corrected chi connectivity index (χ2v) is 7.43. The highest BCUT2D eigenvalue weighted by atomic mass is 79.9. The maximum absolute atomic E-state index is 13.3. The molecule has 1 fully saturated rings. The molecule has 0 aromatic heterocycles. The van der Waals surface area contributed by atoms with E-state index >= 15 is 0 Å². The Hall–Kier alpha value is -0.460. The Morgan fingerprint density at radius 1 is 1.47 bits per heavy atom. The zero-order chi connectivity index (χ0) is 12.7. The molecule has 1 heterocycles. The van der Waals surface area contributed by atoms with Crippen molar-refractivity contribution in [2.75, 3.05) is 11.5 Å². The Kier molecular flexibility index (Phi) is 3.31. The Labute approximate surface area is 108 Å². The molecule has 94 valence electrons. The van der Waals surface area contributed by atoms with Gasteiger partial charge in [0, 0.05) is 6.42 Å². The van der Waals surface area contributed by atoms with E-state index in [2.05, 4.69) is 15.9 Å². The summed E-state index contributed by atoms with van der Waals surface area (Å²) in [6.07, 6.45) is 0.350. The van der Waals surface area contributed by atoms with Crippen LogP contribution in [0.25, 0.3) is 0 Å². The van der Waals surface area contributed by atoms with Crippen molar-refractivity contribution in [2.45, 2.75) is 18.4 Å². The standard InChI is InChI=1S/C11H12BrFO3S/c12-10-8(2-1-3-9(10)13)6-11(14)4-5-17(15,16)7-11/h1-3,14H,4-7H2. The van der Waals surface area contributed by atoms with Gasteiger partial charge >= 0.3 is 0 Å². The molecule has 0 saturated carbocycles. The van der Waals surface area contributed by atoms with Crippen molar-refractivity contribution < 1.29 is 17.9 Å². The largest absolute Gasteiger partial charge is 0.388 e. The molecule has 1 N–H and O–H groups in total. The maximum atomic E-state index is 13.3. The molecule has 1 aromatic carbocycles. The third-order valence-corrected chi connectivity index (χ3v) is 5.61. The molecule has 0 bridgehead atoms. The highest BCUT2D eigenvalue weighted by Crippen LogP contribution is 2.30. The summed E-state index contributed by atoms with van der Waals surface area (Å²) in [6.45, 7) is 0. The number of hydrogen-bond donors (Lipinski definition) is 1. The van der Waals surface area contributed by atoms with Crippen molar-refractivity contribution >= 4 is 25.8 Å². The third kappa shape index (κ3) is 2.86. The lowest BCUT2D eigenvalue weighted by atomic mass is 9.94. The van der Waals surface area contributed by atoms with E-state index in [1.807, 2.05) is 0 Å². The number of rotatable bonds is 2. The van der Waals surface area contributed by atoms with Crippen molar-refractivity contribution in [2.24, 2.45) is 0 Å². The predicted molar refractivity (Wildman–Crippen MR) is 66.0 cm³/mol. The average molecular weight is 323 g/mol. The van der Waals surface area contributed by atoms with E-state index in [9.17, 15) is 17.9 Å². The van der Waals surface area contributed by atoms with E-state index in [4.69, 9.17) is 0 Å². The van der Waals surface area contributed by atoms with E-state index in [0.717, 1.165) is 0 Å². The van der Waals surface area contributed by atoms with Gasteiger partial charge in [0.1, 0.15) is 5.82 Å². The van der Waals surface area contributed by atoms with Crippen LogP contribution in [0.15, 0.2) is 22.7 Å². The molecule has 1 aliphatic heterocycles. The van der Waals surface area contributed by atoms with Crippen LogP contribution in [0.4, 0.5) is 4.39 Å². The van der Waals surface area contributed by atoms with Crippen LogP contribution in [0.1, 0.15) is 12.0 Å². The molecule has 2 rings (SSSR count). The van der Waals surface area contributed by atoms with Crippen LogP contribution in [-0.2, 0) is 16.3 Å². The van der Waals surface area contributed by atoms with E-state index in [1.165, 1.54) is 6.07 Å². The Bertz CT molecular complexity index is 544. The Morgan fingerprint density at radius 3 is 2.76 bits per heavy atom. The smallest absolute Gasteiger partial charge is 0.153 e. The molecular weight excluding hydrogens is 311 g/mol. The predicted octanol–water partition coefficient (Wildman–Crippen LogP) is 1.68. The fraction of sp³-hybridized carbons (Fsp3) is 0.455. The molecule has 0 aliphatic carbocycles. The van der Waals surface area contributed by atoms with Gasteiger partial charge in [0.05, 0.1) is 21.6 Å². The van der Waals surface area contributed by atoms with Crippen LogP contribution in [-0.4, -0.2) is 30.6 Å². The van der Waals surface area contributed by atoms with Crippen molar-refractivity contribution in [1.82, 2.24) is 0 Å². The first kappa shape index (κ1) is 13.0. The van der Waals surface area contributed by atoms with Gasteiger partial charge in [-0.05, 0) is 34.0 Å². The minimum absolute atomic E-state index is 0.00354. The highest BCUT2D eigenvalue weighted by Gasteiger charge is 2.40. The maximum Gasteiger partial charge on any atom is 0.153 e. The van der Waals surface area contributed by atoms with Crippen LogP contribution in [0.3, 0.4) is 0 Å². The molecule has 0 radical (unpaired) electrons. The summed E-state index contributed by atoms with van der Waals surface area (Å²) in [6, 6.07) is 4.53. The normalized spacial score (nSPS) is 27.2. The zero-order valence-corrected chi connectivity index (χ0v) is 11.4. The summed E-state index contributed by atoms with van der Waals surface area (Å²) < 4.78 is 36.3. The number of benzene rings is 1. The van der Waals surface area contributed by atoms with Gasteiger partial charge in [0.25, 0.3) is 0 Å². The molecule has 17 heavy (non-hydrogen) atoms. The molecular formula is C11H12BrFO3S. The van der Waals surface area contributed by atoms with Gasteiger partial charge in [-0.15, -0.1) is 0 Å². The minimum Gasteiger partial charge on any atom is -0.388 e. The summed E-state index contributed by atoms with van der Waals surface area (Å²) in [7, 11) is -3.16. The Balaban J connectivity index is 2.25.